The lowest BCUT2D eigenvalue weighted by Crippen LogP contribution is -2.50. The average molecular weight is 386 g/mol. The molecule has 0 bridgehead atoms. The molecule has 0 radical (unpaired) electrons. The molecule has 0 unspecified atom stereocenters. The first-order valence-corrected chi connectivity index (χ1v) is 9.50. The number of carbonyl (C=O) groups excluding carboxylic acids is 2. The van der Waals surface area contributed by atoms with Crippen LogP contribution in [0, 0.1) is 6.92 Å². The molecule has 142 valence electrons. The van der Waals surface area contributed by atoms with E-state index in [4.69, 9.17) is 11.6 Å². The van der Waals surface area contributed by atoms with Crippen LogP contribution in [0.25, 0.3) is 0 Å². The molecule has 1 N–H and O–H groups in total. The lowest BCUT2D eigenvalue weighted by atomic mass is 10.1. The normalized spacial score (nSPS) is 14.1. The fourth-order valence-corrected chi connectivity index (χ4v) is 3.37. The summed E-state index contributed by atoms with van der Waals surface area (Å²) in [6.07, 6.45) is 0. The highest BCUT2D eigenvalue weighted by atomic mass is 35.5. The van der Waals surface area contributed by atoms with E-state index in [-0.39, 0.29) is 18.4 Å². The number of amides is 2. The molecular formula is C21H24ClN3O2. The zero-order valence-corrected chi connectivity index (χ0v) is 16.2. The van der Waals surface area contributed by atoms with E-state index >= 15 is 0 Å². The number of hydrogen-bond acceptors (Lipinski definition) is 3. The number of benzene rings is 2. The van der Waals surface area contributed by atoms with Gasteiger partial charge in [0.2, 0.25) is 5.91 Å². The summed E-state index contributed by atoms with van der Waals surface area (Å²) in [5, 5.41) is 3.82. The van der Waals surface area contributed by atoms with Crippen molar-refractivity contribution in [2.45, 2.75) is 13.5 Å². The van der Waals surface area contributed by atoms with Gasteiger partial charge in [-0.05, 0) is 30.7 Å². The first-order valence-electron chi connectivity index (χ1n) is 9.12. The van der Waals surface area contributed by atoms with E-state index in [0.717, 1.165) is 24.2 Å². The number of rotatable bonds is 5. The Labute approximate surface area is 164 Å². The van der Waals surface area contributed by atoms with Gasteiger partial charge in [-0.2, -0.15) is 0 Å². The van der Waals surface area contributed by atoms with Crippen molar-refractivity contribution in [2.75, 3.05) is 32.7 Å². The highest BCUT2D eigenvalue weighted by Gasteiger charge is 2.24. The summed E-state index contributed by atoms with van der Waals surface area (Å²) >= 11 is 6.29. The van der Waals surface area contributed by atoms with Crippen LogP contribution in [0.2, 0.25) is 5.02 Å². The second kappa shape index (κ2) is 9.02. The zero-order chi connectivity index (χ0) is 19.2. The van der Waals surface area contributed by atoms with E-state index in [9.17, 15) is 9.59 Å². The first kappa shape index (κ1) is 19.4. The van der Waals surface area contributed by atoms with Crippen molar-refractivity contribution < 1.29 is 9.59 Å². The topological polar surface area (TPSA) is 52.7 Å². The van der Waals surface area contributed by atoms with Gasteiger partial charge in [0.05, 0.1) is 0 Å². The maximum atomic E-state index is 13.1. The Hall–Kier alpha value is -2.37. The number of hydrogen-bond donors (Lipinski definition) is 1. The van der Waals surface area contributed by atoms with Gasteiger partial charge in [-0.1, -0.05) is 47.5 Å². The highest BCUT2D eigenvalue weighted by molar-refractivity contribution is 6.31. The number of piperazine rings is 1. The summed E-state index contributed by atoms with van der Waals surface area (Å²) in [7, 11) is 0. The molecule has 1 fully saturated rings. The van der Waals surface area contributed by atoms with E-state index in [1.54, 1.807) is 21.9 Å². The minimum absolute atomic E-state index is 0.0374. The highest BCUT2D eigenvalue weighted by Crippen LogP contribution is 2.19. The van der Waals surface area contributed by atoms with Gasteiger partial charge in [-0.3, -0.25) is 9.59 Å². The zero-order valence-electron chi connectivity index (χ0n) is 15.5. The second-order valence-electron chi connectivity index (χ2n) is 6.75. The maximum Gasteiger partial charge on any atom is 0.254 e. The quantitative estimate of drug-likeness (QED) is 0.861. The monoisotopic (exact) mass is 385 g/mol. The summed E-state index contributed by atoms with van der Waals surface area (Å²) in [5.41, 5.74) is 2.41. The molecule has 1 heterocycles. The molecule has 1 aliphatic rings. The predicted molar refractivity (Wildman–Crippen MR) is 107 cm³/mol. The third-order valence-electron chi connectivity index (χ3n) is 4.67. The van der Waals surface area contributed by atoms with Crippen molar-refractivity contribution in [2.24, 2.45) is 0 Å². The Morgan fingerprint density at radius 2 is 1.85 bits per heavy atom. The lowest BCUT2D eigenvalue weighted by Gasteiger charge is -2.30. The third kappa shape index (κ3) is 5.08. The summed E-state index contributed by atoms with van der Waals surface area (Å²) in [6, 6.07) is 14.8. The Balaban J connectivity index is 1.82. The van der Waals surface area contributed by atoms with Crippen LogP contribution in [0.15, 0.2) is 48.5 Å². The molecule has 27 heavy (non-hydrogen) atoms. The molecule has 5 nitrogen and oxygen atoms in total. The SMILES string of the molecule is Cc1cccc(C(=O)N(CC(=O)N2CCNCC2)Cc2ccccc2Cl)c1. The Morgan fingerprint density at radius 1 is 1.11 bits per heavy atom. The largest absolute Gasteiger partial charge is 0.339 e. The smallest absolute Gasteiger partial charge is 0.254 e. The van der Waals surface area contributed by atoms with Crippen LogP contribution in [-0.2, 0) is 11.3 Å². The average Bonchev–Trinajstić information content (AvgIpc) is 2.69. The summed E-state index contributed by atoms with van der Waals surface area (Å²) in [6.45, 7) is 5.17. The van der Waals surface area contributed by atoms with Crippen LogP contribution in [0.1, 0.15) is 21.5 Å². The molecule has 0 spiro atoms. The van der Waals surface area contributed by atoms with Crippen LogP contribution in [0.5, 0.6) is 0 Å². The van der Waals surface area contributed by atoms with Gasteiger partial charge in [-0.25, -0.2) is 0 Å². The van der Waals surface area contributed by atoms with Crippen molar-refractivity contribution in [1.82, 2.24) is 15.1 Å². The van der Waals surface area contributed by atoms with E-state index in [1.165, 1.54) is 0 Å². The number of nitrogens with one attached hydrogen (secondary N) is 1. The van der Waals surface area contributed by atoms with E-state index in [2.05, 4.69) is 5.32 Å². The van der Waals surface area contributed by atoms with Crippen molar-refractivity contribution >= 4 is 23.4 Å². The molecule has 0 saturated carbocycles. The predicted octanol–water partition coefficient (Wildman–Crippen LogP) is 2.72. The van der Waals surface area contributed by atoms with E-state index in [0.29, 0.717) is 30.2 Å². The Morgan fingerprint density at radius 3 is 2.56 bits per heavy atom. The third-order valence-corrected chi connectivity index (χ3v) is 5.04. The summed E-state index contributed by atoms with van der Waals surface area (Å²) in [4.78, 5) is 29.3. The summed E-state index contributed by atoms with van der Waals surface area (Å²) in [5.74, 6) is -0.202. The molecular weight excluding hydrogens is 362 g/mol. The van der Waals surface area contributed by atoms with Crippen LogP contribution >= 0.6 is 11.6 Å². The fourth-order valence-electron chi connectivity index (χ4n) is 3.17. The molecule has 2 aromatic carbocycles. The van der Waals surface area contributed by atoms with Crippen molar-refractivity contribution in [3.63, 3.8) is 0 Å². The number of carbonyl (C=O) groups is 2. The Bertz CT molecular complexity index is 819. The molecule has 2 aromatic rings. The molecule has 6 heteroatoms. The minimum atomic E-state index is -0.165. The molecule has 0 aromatic heterocycles. The lowest BCUT2D eigenvalue weighted by molar-refractivity contribution is -0.132. The number of halogens is 1. The minimum Gasteiger partial charge on any atom is -0.339 e. The molecule has 3 rings (SSSR count). The second-order valence-corrected chi connectivity index (χ2v) is 7.16. The van der Waals surface area contributed by atoms with Gasteiger partial charge in [0.15, 0.2) is 0 Å². The molecule has 0 atom stereocenters. The van der Waals surface area contributed by atoms with Gasteiger partial charge >= 0.3 is 0 Å². The number of aryl methyl sites for hydroxylation is 1. The number of nitrogens with zero attached hydrogens (tertiary/aromatic N) is 2. The van der Waals surface area contributed by atoms with Crippen LogP contribution in [0.4, 0.5) is 0 Å². The van der Waals surface area contributed by atoms with Crippen molar-refractivity contribution in [1.29, 1.82) is 0 Å². The summed E-state index contributed by atoms with van der Waals surface area (Å²) < 4.78 is 0. The molecule has 0 aliphatic carbocycles. The Kier molecular flexibility index (Phi) is 6.48. The van der Waals surface area contributed by atoms with Gasteiger partial charge in [0.1, 0.15) is 6.54 Å². The van der Waals surface area contributed by atoms with Crippen molar-refractivity contribution in [3.05, 3.63) is 70.2 Å². The van der Waals surface area contributed by atoms with E-state index in [1.807, 2.05) is 43.3 Å². The van der Waals surface area contributed by atoms with Crippen molar-refractivity contribution in [3.8, 4) is 0 Å². The van der Waals surface area contributed by atoms with Crippen LogP contribution in [0.3, 0.4) is 0 Å². The standard InChI is InChI=1S/C21H24ClN3O2/c1-16-5-4-7-17(13-16)21(27)25(14-18-6-2-3-8-19(18)22)15-20(26)24-11-9-23-10-12-24/h2-8,13,23H,9-12,14-15H2,1H3. The molecule has 1 aliphatic heterocycles. The maximum absolute atomic E-state index is 13.1. The fraction of sp³-hybridized carbons (Fsp3) is 0.333. The van der Waals surface area contributed by atoms with Gasteiger partial charge in [0, 0.05) is 43.3 Å². The molecule has 2 amide bonds. The van der Waals surface area contributed by atoms with Gasteiger partial charge < -0.3 is 15.1 Å². The van der Waals surface area contributed by atoms with Gasteiger partial charge in [0.25, 0.3) is 5.91 Å². The van der Waals surface area contributed by atoms with Crippen LogP contribution in [-0.4, -0.2) is 54.3 Å². The van der Waals surface area contributed by atoms with Crippen LogP contribution < -0.4 is 5.32 Å². The molecule has 1 saturated heterocycles. The first-order chi connectivity index (χ1) is 13.0. The van der Waals surface area contributed by atoms with E-state index < -0.39 is 0 Å². The van der Waals surface area contributed by atoms with Gasteiger partial charge in [-0.15, -0.1) is 0 Å².